The molecule has 0 amide bonds. The Labute approximate surface area is 139 Å². The molecule has 0 unspecified atom stereocenters. The van der Waals surface area contributed by atoms with E-state index in [1.54, 1.807) is 32.0 Å². The summed E-state index contributed by atoms with van der Waals surface area (Å²) in [6, 6.07) is 9.98. The number of hydrogen-bond acceptors (Lipinski definition) is 4. The van der Waals surface area contributed by atoms with E-state index in [-0.39, 0.29) is 17.1 Å². The summed E-state index contributed by atoms with van der Waals surface area (Å²) in [6.07, 6.45) is 0. The molecule has 0 saturated heterocycles. The predicted molar refractivity (Wildman–Crippen MR) is 89.5 cm³/mol. The fourth-order valence-electron chi connectivity index (χ4n) is 2.22. The Morgan fingerprint density at radius 3 is 2.48 bits per heavy atom. The van der Waals surface area contributed by atoms with E-state index in [4.69, 9.17) is 11.6 Å². The molecule has 2 aromatic rings. The average molecular weight is 355 g/mol. The van der Waals surface area contributed by atoms with Crippen molar-refractivity contribution < 1.29 is 13.3 Å². The molecule has 0 saturated carbocycles. The standard InChI is InChI=1S/C15H15ClN2O4S/c1-3-17(15-9-5-8-14(16)11(15)2)23(21,22)13-7-4-6-12(10-13)18(19)20/h4-10H,3H2,1-2H3. The van der Waals surface area contributed by atoms with Crippen LogP contribution < -0.4 is 4.31 Å². The van der Waals surface area contributed by atoms with Crippen LogP contribution in [0.4, 0.5) is 11.4 Å². The maximum absolute atomic E-state index is 12.9. The van der Waals surface area contributed by atoms with Crippen molar-refractivity contribution in [3.8, 4) is 0 Å². The third kappa shape index (κ3) is 3.30. The first kappa shape index (κ1) is 17.2. The Morgan fingerprint density at radius 2 is 1.87 bits per heavy atom. The van der Waals surface area contributed by atoms with Crippen LogP contribution in [0.5, 0.6) is 0 Å². The van der Waals surface area contributed by atoms with Crippen molar-refractivity contribution in [2.24, 2.45) is 0 Å². The Balaban J connectivity index is 2.58. The summed E-state index contributed by atoms with van der Waals surface area (Å²) in [4.78, 5) is 10.1. The van der Waals surface area contributed by atoms with E-state index in [9.17, 15) is 18.5 Å². The number of anilines is 1. The van der Waals surface area contributed by atoms with Gasteiger partial charge in [-0.3, -0.25) is 14.4 Å². The fourth-order valence-corrected chi connectivity index (χ4v) is 3.96. The van der Waals surface area contributed by atoms with Gasteiger partial charge in [-0.05, 0) is 37.6 Å². The highest BCUT2D eigenvalue weighted by atomic mass is 35.5. The summed E-state index contributed by atoms with van der Waals surface area (Å²) in [7, 11) is -3.93. The molecule has 23 heavy (non-hydrogen) atoms. The molecule has 0 aliphatic carbocycles. The molecule has 0 N–H and O–H groups in total. The number of sulfonamides is 1. The van der Waals surface area contributed by atoms with Gasteiger partial charge in [-0.1, -0.05) is 23.7 Å². The molecule has 2 rings (SSSR count). The lowest BCUT2D eigenvalue weighted by atomic mass is 10.2. The normalized spacial score (nSPS) is 11.3. The first-order valence-corrected chi connectivity index (χ1v) is 8.63. The second-order valence-corrected chi connectivity index (χ2v) is 7.08. The van der Waals surface area contributed by atoms with Gasteiger partial charge in [0.25, 0.3) is 15.7 Å². The van der Waals surface area contributed by atoms with Gasteiger partial charge in [0.2, 0.25) is 0 Å². The first-order chi connectivity index (χ1) is 10.8. The smallest absolute Gasteiger partial charge is 0.266 e. The maximum atomic E-state index is 12.9. The zero-order valence-electron chi connectivity index (χ0n) is 12.6. The average Bonchev–Trinajstić information content (AvgIpc) is 2.52. The minimum absolute atomic E-state index is 0.132. The fraction of sp³-hybridized carbons (Fsp3) is 0.200. The van der Waals surface area contributed by atoms with E-state index in [1.165, 1.54) is 22.5 Å². The Kier molecular flexibility index (Phi) is 4.91. The molecular formula is C15H15ClN2O4S. The monoisotopic (exact) mass is 354 g/mol. The summed E-state index contributed by atoms with van der Waals surface area (Å²) < 4.78 is 26.9. The lowest BCUT2D eigenvalue weighted by Crippen LogP contribution is -2.31. The summed E-state index contributed by atoms with van der Waals surface area (Å²) in [6.45, 7) is 3.59. The van der Waals surface area contributed by atoms with E-state index in [1.807, 2.05) is 0 Å². The van der Waals surface area contributed by atoms with Crippen molar-refractivity contribution in [2.45, 2.75) is 18.7 Å². The second-order valence-electron chi connectivity index (χ2n) is 4.81. The number of hydrogen-bond donors (Lipinski definition) is 0. The Morgan fingerprint density at radius 1 is 1.22 bits per heavy atom. The molecule has 122 valence electrons. The third-order valence-corrected chi connectivity index (χ3v) is 5.71. The van der Waals surface area contributed by atoms with Gasteiger partial charge in [-0.15, -0.1) is 0 Å². The summed E-state index contributed by atoms with van der Waals surface area (Å²) in [5.74, 6) is 0. The Hall–Kier alpha value is -2.12. The van der Waals surface area contributed by atoms with Crippen LogP contribution in [0, 0.1) is 17.0 Å². The minimum Gasteiger partial charge on any atom is -0.266 e. The van der Waals surface area contributed by atoms with E-state index < -0.39 is 14.9 Å². The predicted octanol–water partition coefficient (Wildman–Crippen LogP) is 3.77. The molecule has 0 spiro atoms. The van der Waals surface area contributed by atoms with Crippen molar-refractivity contribution >= 4 is 33.0 Å². The molecule has 0 atom stereocenters. The van der Waals surface area contributed by atoms with Gasteiger partial charge in [0.05, 0.1) is 15.5 Å². The zero-order valence-corrected chi connectivity index (χ0v) is 14.1. The molecule has 0 radical (unpaired) electrons. The largest absolute Gasteiger partial charge is 0.270 e. The second kappa shape index (κ2) is 6.55. The van der Waals surface area contributed by atoms with Crippen molar-refractivity contribution in [3.05, 3.63) is 63.2 Å². The molecule has 0 bridgehead atoms. The van der Waals surface area contributed by atoms with E-state index in [2.05, 4.69) is 0 Å². The number of rotatable bonds is 5. The van der Waals surface area contributed by atoms with Gasteiger partial charge in [-0.2, -0.15) is 0 Å². The van der Waals surface area contributed by atoms with Crippen LogP contribution in [-0.4, -0.2) is 19.9 Å². The van der Waals surface area contributed by atoms with Crippen LogP contribution in [0.15, 0.2) is 47.4 Å². The van der Waals surface area contributed by atoms with Crippen LogP contribution in [0.25, 0.3) is 0 Å². The maximum Gasteiger partial charge on any atom is 0.270 e. The molecule has 0 aliphatic heterocycles. The molecule has 0 aliphatic rings. The number of nitro groups is 1. The summed E-state index contributed by atoms with van der Waals surface area (Å²) >= 11 is 6.07. The third-order valence-electron chi connectivity index (χ3n) is 3.41. The van der Waals surface area contributed by atoms with Gasteiger partial charge < -0.3 is 0 Å². The van der Waals surface area contributed by atoms with Crippen LogP contribution in [0.1, 0.15) is 12.5 Å². The van der Waals surface area contributed by atoms with Gasteiger partial charge in [0.1, 0.15) is 0 Å². The van der Waals surface area contributed by atoms with Crippen LogP contribution in [-0.2, 0) is 10.0 Å². The molecule has 2 aromatic carbocycles. The molecule has 0 fully saturated rings. The number of benzene rings is 2. The lowest BCUT2D eigenvalue weighted by molar-refractivity contribution is -0.385. The van der Waals surface area contributed by atoms with Gasteiger partial charge in [0.15, 0.2) is 0 Å². The van der Waals surface area contributed by atoms with Crippen LogP contribution in [0.3, 0.4) is 0 Å². The number of nitro benzene ring substituents is 1. The lowest BCUT2D eigenvalue weighted by Gasteiger charge is -2.25. The highest BCUT2D eigenvalue weighted by Gasteiger charge is 2.26. The number of halogens is 1. The SMILES string of the molecule is CCN(c1cccc(Cl)c1C)S(=O)(=O)c1cccc([N+](=O)[O-])c1. The van der Waals surface area contributed by atoms with Crippen molar-refractivity contribution in [1.82, 2.24) is 0 Å². The molecular weight excluding hydrogens is 340 g/mol. The van der Waals surface area contributed by atoms with Gasteiger partial charge in [0, 0.05) is 23.7 Å². The molecule has 0 aromatic heterocycles. The van der Waals surface area contributed by atoms with Gasteiger partial charge >= 0.3 is 0 Å². The van der Waals surface area contributed by atoms with Crippen molar-refractivity contribution in [1.29, 1.82) is 0 Å². The van der Waals surface area contributed by atoms with Crippen molar-refractivity contribution in [2.75, 3.05) is 10.8 Å². The summed E-state index contributed by atoms with van der Waals surface area (Å²) in [5.41, 5.74) is 0.807. The van der Waals surface area contributed by atoms with E-state index in [0.717, 1.165) is 6.07 Å². The Bertz CT molecular complexity index is 852. The van der Waals surface area contributed by atoms with Crippen LogP contribution in [0.2, 0.25) is 5.02 Å². The quantitative estimate of drug-likeness (QED) is 0.604. The molecule has 0 heterocycles. The van der Waals surface area contributed by atoms with E-state index in [0.29, 0.717) is 16.3 Å². The van der Waals surface area contributed by atoms with Crippen LogP contribution >= 0.6 is 11.6 Å². The highest BCUT2D eigenvalue weighted by molar-refractivity contribution is 7.92. The van der Waals surface area contributed by atoms with E-state index >= 15 is 0 Å². The topological polar surface area (TPSA) is 80.5 Å². The van der Waals surface area contributed by atoms with Crippen molar-refractivity contribution in [3.63, 3.8) is 0 Å². The minimum atomic E-state index is -3.93. The number of non-ortho nitro benzene ring substituents is 1. The molecule has 8 heteroatoms. The zero-order chi connectivity index (χ0) is 17.2. The highest BCUT2D eigenvalue weighted by Crippen LogP contribution is 2.31. The first-order valence-electron chi connectivity index (χ1n) is 6.81. The number of nitrogens with zero attached hydrogens (tertiary/aromatic N) is 2. The summed E-state index contributed by atoms with van der Waals surface area (Å²) in [5, 5.41) is 11.3. The molecule has 6 nitrogen and oxygen atoms in total. The van der Waals surface area contributed by atoms with Gasteiger partial charge in [-0.25, -0.2) is 8.42 Å².